The lowest BCUT2D eigenvalue weighted by molar-refractivity contribution is -0.129. The first-order chi connectivity index (χ1) is 10.2. The Kier molecular flexibility index (Phi) is 3.96. The highest BCUT2D eigenvalue weighted by molar-refractivity contribution is 5.94. The van der Waals surface area contributed by atoms with Crippen molar-refractivity contribution in [2.24, 2.45) is 0 Å². The summed E-state index contributed by atoms with van der Waals surface area (Å²) >= 11 is 0. The van der Waals surface area contributed by atoms with Crippen LogP contribution in [-0.4, -0.2) is 47.1 Å². The van der Waals surface area contributed by atoms with Gasteiger partial charge in [-0.05, 0) is 19.8 Å². The number of aromatic amines is 1. The predicted octanol–water partition coefficient (Wildman–Crippen LogP) is 1.78. The Morgan fingerprint density at radius 1 is 1.57 bits per heavy atom. The molecule has 2 atom stereocenters. The maximum Gasteiger partial charge on any atom is 0.253 e. The molecule has 2 aliphatic heterocycles. The standard InChI is InChI=1S/C15H21N3O3/c1-10-12(4-3-7-21-10)15(19)18-9-11(20-2)8-13(18)14-16-5-6-17-14/h5-6,11,13H,3-4,7-9H2,1-2H3,(H,16,17)/t11-,13?/m1/s1. The Hall–Kier alpha value is -1.82. The van der Waals surface area contributed by atoms with Crippen molar-refractivity contribution in [1.29, 1.82) is 0 Å². The molecule has 1 N–H and O–H groups in total. The average Bonchev–Trinajstić information content (AvgIpc) is 3.15. The minimum absolute atomic E-state index is 0.0492. The van der Waals surface area contributed by atoms with Gasteiger partial charge in [-0.2, -0.15) is 0 Å². The van der Waals surface area contributed by atoms with Gasteiger partial charge in [-0.3, -0.25) is 4.79 Å². The molecule has 1 amide bonds. The minimum atomic E-state index is -0.0559. The van der Waals surface area contributed by atoms with Crippen LogP contribution in [0.15, 0.2) is 23.7 Å². The van der Waals surface area contributed by atoms with Crippen LogP contribution in [0.3, 0.4) is 0 Å². The second-order valence-corrected chi connectivity index (χ2v) is 5.53. The monoisotopic (exact) mass is 291 g/mol. The molecular weight excluding hydrogens is 270 g/mol. The van der Waals surface area contributed by atoms with Crippen LogP contribution in [0.2, 0.25) is 0 Å². The van der Waals surface area contributed by atoms with Crippen LogP contribution in [0.4, 0.5) is 0 Å². The average molecular weight is 291 g/mol. The lowest BCUT2D eigenvalue weighted by atomic mass is 10.1. The van der Waals surface area contributed by atoms with Gasteiger partial charge in [-0.25, -0.2) is 4.98 Å². The molecule has 0 radical (unpaired) electrons. The molecule has 1 aromatic rings. The third-order valence-electron chi connectivity index (χ3n) is 4.26. The molecule has 0 saturated carbocycles. The Bertz CT molecular complexity index is 538. The fourth-order valence-electron chi connectivity index (χ4n) is 3.08. The molecule has 3 heterocycles. The number of H-pyrrole nitrogens is 1. The molecule has 0 spiro atoms. The van der Waals surface area contributed by atoms with Gasteiger partial charge in [0.15, 0.2) is 0 Å². The molecule has 1 unspecified atom stereocenters. The van der Waals surface area contributed by atoms with E-state index in [9.17, 15) is 4.79 Å². The second kappa shape index (κ2) is 5.89. The SMILES string of the molecule is CO[C@@H]1CC(c2ncc[nH]2)N(C(=O)C2=C(C)OCCC2)C1. The fourth-order valence-corrected chi connectivity index (χ4v) is 3.08. The van der Waals surface area contributed by atoms with Crippen molar-refractivity contribution in [2.45, 2.75) is 38.3 Å². The van der Waals surface area contributed by atoms with Crippen LogP contribution < -0.4 is 0 Å². The lowest BCUT2D eigenvalue weighted by Crippen LogP contribution is -2.34. The van der Waals surface area contributed by atoms with Gasteiger partial charge in [0.2, 0.25) is 0 Å². The molecular formula is C15H21N3O3. The number of hydrogen-bond donors (Lipinski definition) is 1. The van der Waals surface area contributed by atoms with Crippen LogP contribution in [0.25, 0.3) is 0 Å². The number of rotatable bonds is 3. The zero-order valence-electron chi connectivity index (χ0n) is 12.5. The highest BCUT2D eigenvalue weighted by Gasteiger charge is 2.39. The van der Waals surface area contributed by atoms with E-state index >= 15 is 0 Å². The number of aromatic nitrogens is 2. The normalized spacial score (nSPS) is 26.1. The smallest absolute Gasteiger partial charge is 0.253 e. The first-order valence-corrected chi connectivity index (χ1v) is 7.36. The van der Waals surface area contributed by atoms with E-state index in [0.717, 1.165) is 36.4 Å². The largest absolute Gasteiger partial charge is 0.498 e. The van der Waals surface area contributed by atoms with E-state index in [1.165, 1.54) is 0 Å². The Labute approximate surface area is 124 Å². The zero-order valence-corrected chi connectivity index (χ0v) is 12.5. The van der Waals surface area contributed by atoms with Gasteiger partial charge in [0.05, 0.1) is 24.3 Å². The number of methoxy groups -OCH3 is 1. The molecule has 6 nitrogen and oxygen atoms in total. The van der Waals surface area contributed by atoms with Gasteiger partial charge in [-0.1, -0.05) is 0 Å². The fraction of sp³-hybridized carbons (Fsp3) is 0.600. The lowest BCUT2D eigenvalue weighted by Gasteiger charge is -2.27. The molecule has 114 valence electrons. The Morgan fingerprint density at radius 3 is 3.10 bits per heavy atom. The van der Waals surface area contributed by atoms with Crippen molar-refractivity contribution in [3.63, 3.8) is 0 Å². The van der Waals surface area contributed by atoms with Crippen LogP contribution in [0.1, 0.15) is 38.1 Å². The van der Waals surface area contributed by atoms with Gasteiger partial charge in [0, 0.05) is 32.5 Å². The zero-order chi connectivity index (χ0) is 14.8. The number of carbonyl (C=O) groups is 1. The van der Waals surface area contributed by atoms with Gasteiger partial charge >= 0.3 is 0 Å². The summed E-state index contributed by atoms with van der Waals surface area (Å²) in [6.45, 7) is 3.17. The second-order valence-electron chi connectivity index (χ2n) is 5.53. The molecule has 0 aliphatic carbocycles. The summed E-state index contributed by atoms with van der Waals surface area (Å²) in [6, 6.07) is -0.0559. The molecule has 1 saturated heterocycles. The summed E-state index contributed by atoms with van der Waals surface area (Å²) in [6.07, 6.45) is 5.99. The van der Waals surface area contributed by atoms with E-state index in [1.807, 2.05) is 11.8 Å². The van der Waals surface area contributed by atoms with Crippen molar-refractivity contribution < 1.29 is 14.3 Å². The third kappa shape index (κ3) is 2.68. The summed E-state index contributed by atoms with van der Waals surface area (Å²) in [4.78, 5) is 22.2. The molecule has 3 rings (SSSR count). The van der Waals surface area contributed by atoms with E-state index in [-0.39, 0.29) is 18.1 Å². The Balaban J connectivity index is 1.86. The summed E-state index contributed by atoms with van der Waals surface area (Å²) in [5.74, 6) is 1.62. The van der Waals surface area contributed by atoms with Gasteiger partial charge in [-0.15, -0.1) is 0 Å². The summed E-state index contributed by atoms with van der Waals surface area (Å²) < 4.78 is 11.0. The maximum absolute atomic E-state index is 12.9. The quantitative estimate of drug-likeness (QED) is 0.922. The predicted molar refractivity (Wildman–Crippen MR) is 76.3 cm³/mol. The van der Waals surface area contributed by atoms with E-state index in [2.05, 4.69) is 9.97 Å². The van der Waals surface area contributed by atoms with E-state index in [0.29, 0.717) is 13.2 Å². The number of likely N-dealkylation sites (tertiary alicyclic amines) is 1. The van der Waals surface area contributed by atoms with Crippen molar-refractivity contribution in [3.05, 3.63) is 29.6 Å². The third-order valence-corrected chi connectivity index (χ3v) is 4.26. The van der Waals surface area contributed by atoms with Crippen LogP contribution in [0, 0.1) is 0 Å². The highest BCUT2D eigenvalue weighted by Crippen LogP contribution is 2.34. The maximum atomic E-state index is 12.9. The number of hydrogen-bond acceptors (Lipinski definition) is 4. The van der Waals surface area contributed by atoms with Crippen molar-refractivity contribution >= 4 is 5.91 Å². The summed E-state index contributed by atoms with van der Waals surface area (Å²) in [7, 11) is 1.69. The number of nitrogens with one attached hydrogen (secondary N) is 1. The van der Waals surface area contributed by atoms with Gasteiger partial charge in [0.1, 0.15) is 11.6 Å². The van der Waals surface area contributed by atoms with E-state index < -0.39 is 0 Å². The number of amides is 1. The van der Waals surface area contributed by atoms with Crippen molar-refractivity contribution in [1.82, 2.24) is 14.9 Å². The van der Waals surface area contributed by atoms with E-state index in [4.69, 9.17) is 9.47 Å². The van der Waals surface area contributed by atoms with Gasteiger partial charge < -0.3 is 19.4 Å². The van der Waals surface area contributed by atoms with Crippen molar-refractivity contribution in [3.8, 4) is 0 Å². The number of carbonyl (C=O) groups excluding carboxylic acids is 1. The highest BCUT2D eigenvalue weighted by atomic mass is 16.5. The first kappa shape index (κ1) is 14.1. The van der Waals surface area contributed by atoms with Crippen LogP contribution >= 0.6 is 0 Å². The number of nitrogens with zero attached hydrogens (tertiary/aromatic N) is 2. The van der Waals surface area contributed by atoms with Crippen LogP contribution in [-0.2, 0) is 14.3 Å². The molecule has 2 aliphatic rings. The summed E-state index contributed by atoms with van der Waals surface area (Å²) in [5, 5.41) is 0. The first-order valence-electron chi connectivity index (χ1n) is 7.36. The minimum Gasteiger partial charge on any atom is -0.498 e. The topological polar surface area (TPSA) is 67.5 Å². The molecule has 0 aromatic carbocycles. The molecule has 1 fully saturated rings. The number of imidazole rings is 1. The Morgan fingerprint density at radius 2 is 2.43 bits per heavy atom. The number of allylic oxidation sites excluding steroid dienone is 1. The number of ether oxygens (including phenoxy) is 2. The van der Waals surface area contributed by atoms with Crippen molar-refractivity contribution in [2.75, 3.05) is 20.3 Å². The molecule has 6 heteroatoms. The van der Waals surface area contributed by atoms with E-state index in [1.54, 1.807) is 19.5 Å². The van der Waals surface area contributed by atoms with Gasteiger partial charge in [0.25, 0.3) is 5.91 Å². The molecule has 0 bridgehead atoms. The molecule has 1 aromatic heterocycles. The van der Waals surface area contributed by atoms with Crippen LogP contribution in [0.5, 0.6) is 0 Å². The molecule has 21 heavy (non-hydrogen) atoms. The summed E-state index contributed by atoms with van der Waals surface area (Å²) in [5.41, 5.74) is 0.787.